The van der Waals surface area contributed by atoms with Gasteiger partial charge in [-0.25, -0.2) is 0 Å². The van der Waals surface area contributed by atoms with Crippen LogP contribution < -0.4 is 10.4 Å². The average Bonchev–Trinajstić information content (AvgIpc) is 2.71. The number of nitrogens with zero attached hydrogens (tertiary/aromatic N) is 1. The molecule has 0 spiro atoms. The smallest absolute Gasteiger partial charge is 0.155 e. The molecule has 0 saturated heterocycles. The maximum atomic E-state index is 10.0. The fourth-order valence-corrected chi connectivity index (χ4v) is 7.34. The summed E-state index contributed by atoms with van der Waals surface area (Å²) in [5.74, 6) is -0.0625. The number of ketones is 1. The van der Waals surface area contributed by atoms with E-state index in [2.05, 4.69) is 67.7 Å². The molecule has 5 heteroatoms. The van der Waals surface area contributed by atoms with Gasteiger partial charge in [-0.3, -0.25) is 4.79 Å². The number of aliphatic hydroxyl groups is 1. The van der Waals surface area contributed by atoms with Crippen molar-refractivity contribution in [2.24, 2.45) is 0 Å². The summed E-state index contributed by atoms with van der Waals surface area (Å²) in [5.41, 5.74) is 2.31. The molecule has 0 bridgehead atoms. The molecule has 3 nitrogen and oxygen atoms in total. The van der Waals surface area contributed by atoms with Gasteiger partial charge in [0.05, 0.1) is 13.8 Å². The second-order valence-electron chi connectivity index (χ2n) is 8.21. The van der Waals surface area contributed by atoms with Crippen LogP contribution >= 0.6 is 0 Å². The minimum atomic E-state index is -1.75. The SMILES string of the molecule is CC(=O)/C=C(/C)O.C[Si]1(C)c2ccc[c-]c2-c2nccc3c2c1cc1ccccc13.[Ir]. The van der Waals surface area contributed by atoms with E-state index in [4.69, 9.17) is 10.1 Å². The number of aliphatic hydroxyl groups excluding tert-OH is 1. The first kappa shape index (κ1) is 23.1. The Labute approximate surface area is 197 Å². The molecule has 1 aromatic heterocycles. The predicted molar refractivity (Wildman–Crippen MR) is 127 cm³/mol. The van der Waals surface area contributed by atoms with Crippen LogP contribution in [0.4, 0.5) is 0 Å². The number of hydrogen-bond acceptors (Lipinski definition) is 3. The summed E-state index contributed by atoms with van der Waals surface area (Å²) in [7, 11) is -1.75. The second-order valence-corrected chi connectivity index (χ2v) is 12.5. The predicted octanol–water partition coefficient (Wildman–Crippen LogP) is 5.03. The van der Waals surface area contributed by atoms with Crippen LogP contribution in [0.25, 0.3) is 32.8 Å². The number of allylic oxidation sites excluding steroid dienone is 2. The summed E-state index contributed by atoms with van der Waals surface area (Å²) in [6.45, 7) is 7.74. The number of aromatic nitrogens is 1. The van der Waals surface area contributed by atoms with Crippen molar-refractivity contribution in [1.82, 2.24) is 4.98 Å². The van der Waals surface area contributed by atoms with Crippen LogP contribution in [0.3, 0.4) is 0 Å². The molecule has 0 unspecified atom stereocenters. The van der Waals surface area contributed by atoms with Crippen molar-refractivity contribution in [1.29, 1.82) is 0 Å². The number of rotatable bonds is 1. The Balaban J connectivity index is 0.000000299. The van der Waals surface area contributed by atoms with Gasteiger partial charge in [-0.15, -0.1) is 35.0 Å². The van der Waals surface area contributed by atoms with Gasteiger partial charge in [-0.2, -0.15) is 0 Å². The Morgan fingerprint density at radius 2 is 1.77 bits per heavy atom. The summed E-state index contributed by atoms with van der Waals surface area (Å²) < 4.78 is 0. The van der Waals surface area contributed by atoms with Gasteiger partial charge < -0.3 is 10.1 Å². The molecular formula is C26H24IrNO2Si-. The third-order valence-electron chi connectivity index (χ3n) is 5.62. The third kappa shape index (κ3) is 4.14. The van der Waals surface area contributed by atoms with Crippen molar-refractivity contribution in [3.63, 3.8) is 0 Å². The normalized spacial score (nSPS) is 13.6. The zero-order chi connectivity index (χ0) is 21.5. The molecule has 3 aromatic carbocycles. The molecule has 2 heterocycles. The van der Waals surface area contributed by atoms with E-state index in [1.807, 2.05) is 12.3 Å². The van der Waals surface area contributed by atoms with Crippen molar-refractivity contribution in [2.45, 2.75) is 26.9 Å². The largest absolute Gasteiger partial charge is 0.512 e. The minimum absolute atomic E-state index is 0. The van der Waals surface area contributed by atoms with E-state index < -0.39 is 8.07 Å². The fraction of sp³-hybridized carbons (Fsp3) is 0.154. The zero-order valence-corrected chi connectivity index (χ0v) is 21.4. The van der Waals surface area contributed by atoms with Gasteiger partial charge in [-0.1, -0.05) is 48.6 Å². The number of fused-ring (bicyclic) bond motifs is 4. The van der Waals surface area contributed by atoms with Gasteiger partial charge in [0.15, 0.2) is 5.78 Å². The zero-order valence-electron chi connectivity index (χ0n) is 18.0. The molecule has 0 saturated carbocycles. The van der Waals surface area contributed by atoms with Crippen molar-refractivity contribution in [3.05, 3.63) is 78.7 Å². The molecule has 5 rings (SSSR count). The van der Waals surface area contributed by atoms with E-state index in [1.165, 1.54) is 57.4 Å². The van der Waals surface area contributed by atoms with Crippen LogP contribution in [0.15, 0.2) is 72.6 Å². The van der Waals surface area contributed by atoms with Gasteiger partial charge in [-0.05, 0) is 47.2 Å². The summed E-state index contributed by atoms with van der Waals surface area (Å²) in [4.78, 5) is 14.8. The molecule has 4 aromatic rings. The van der Waals surface area contributed by atoms with Crippen LogP contribution in [-0.4, -0.2) is 23.9 Å². The van der Waals surface area contributed by atoms with E-state index in [9.17, 15) is 4.79 Å². The Morgan fingerprint density at radius 3 is 2.45 bits per heavy atom. The van der Waals surface area contributed by atoms with Crippen LogP contribution in [-0.2, 0) is 24.9 Å². The third-order valence-corrected chi connectivity index (χ3v) is 9.13. The quantitative estimate of drug-likeness (QED) is 0.109. The van der Waals surface area contributed by atoms with Crippen molar-refractivity contribution in [3.8, 4) is 11.3 Å². The van der Waals surface area contributed by atoms with Crippen molar-refractivity contribution >= 4 is 45.8 Å². The summed E-state index contributed by atoms with van der Waals surface area (Å²) in [6.07, 6.45) is 3.11. The first-order valence-corrected chi connectivity index (χ1v) is 13.0. The molecular weight excluding hydrogens is 579 g/mol. The van der Waals surface area contributed by atoms with Gasteiger partial charge >= 0.3 is 0 Å². The molecule has 1 N–H and O–H groups in total. The van der Waals surface area contributed by atoms with Crippen LogP contribution in [0.1, 0.15) is 13.8 Å². The maximum absolute atomic E-state index is 10.0. The van der Waals surface area contributed by atoms with Crippen LogP contribution in [0, 0.1) is 6.07 Å². The van der Waals surface area contributed by atoms with E-state index in [0.29, 0.717) is 0 Å². The number of pyridine rings is 1. The molecule has 0 atom stereocenters. The first-order chi connectivity index (χ1) is 14.3. The van der Waals surface area contributed by atoms with Crippen molar-refractivity contribution in [2.75, 3.05) is 0 Å². The van der Waals surface area contributed by atoms with Gasteiger partial charge in [0.1, 0.15) is 0 Å². The number of benzene rings is 3. The standard InChI is InChI=1S/C21H16NSi.C5H8O2.Ir/c1-23(2)18-10-6-5-9-17(18)21-20-16(11-12-22-21)15-8-4-3-7-14(15)13-19(20)23;1-4(6)3-5(2)7;/h3-8,10-13H,1-2H3;3,6H,1-2H3;/q-1;;/b;4-3-;. The van der Waals surface area contributed by atoms with Crippen molar-refractivity contribution < 1.29 is 30.0 Å². The number of carbonyl (C=O) groups is 1. The molecule has 0 fully saturated rings. The summed E-state index contributed by atoms with van der Waals surface area (Å²) >= 11 is 0. The molecule has 1 aliphatic heterocycles. The van der Waals surface area contributed by atoms with Gasteiger partial charge in [0.25, 0.3) is 0 Å². The van der Waals surface area contributed by atoms with Crippen LogP contribution in [0.2, 0.25) is 13.1 Å². The van der Waals surface area contributed by atoms with Crippen LogP contribution in [0.5, 0.6) is 0 Å². The maximum Gasteiger partial charge on any atom is 0.155 e. The topological polar surface area (TPSA) is 50.2 Å². The monoisotopic (exact) mass is 603 g/mol. The van der Waals surface area contributed by atoms with E-state index in [-0.39, 0.29) is 31.6 Å². The molecule has 31 heavy (non-hydrogen) atoms. The van der Waals surface area contributed by atoms with E-state index in [0.717, 1.165) is 5.69 Å². The summed E-state index contributed by atoms with van der Waals surface area (Å²) in [5, 5.41) is 16.6. The molecule has 1 radical (unpaired) electrons. The van der Waals surface area contributed by atoms with Gasteiger partial charge in [0.2, 0.25) is 0 Å². The Kier molecular flexibility index (Phi) is 6.61. The Bertz CT molecular complexity index is 1320. The minimum Gasteiger partial charge on any atom is -0.512 e. The van der Waals surface area contributed by atoms with E-state index in [1.54, 1.807) is 0 Å². The fourth-order valence-electron chi connectivity index (χ4n) is 4.33. The Hall–Kier alpha value is -2.59. The molecule has 159 valence electrons. The van der Waals surface area contributed by atoms with E-state index >= 15 is 0 Å². The Morgan fingerprint density at radius 1 is 1.03 bits per heavy atom. The molecule has 1 aliphatic rings. The van der Waals surface area contributed by atoms with Gasteiger partial charge in [0, 0.05) is 32.4 Å². The second kappa shape index (κ2) is 8.87. The number of hydrogen-bond donors (Lipinski definition) is 1. The average molecular weight is 603 g/mol. The molecule has 0 aliphatic carbocycles. The molecule has 0 amide bonds. The summed E-state index contributed by atoms with van der Waals surface area (Å²) in [6, 6.07) is 23.1. The first-order valence-electron chi connectivity index (χ1n) is 10.0. The number of carbonyl (C=O) groups excluding carboxylic acids is 1.